The molecule has 0 amide bonds. The summed E-state index contributed by atoms with van der Waals surface area (Å²) in [6, 6.07) is 0. The Kier molecular flexibility index (Phi) is 25.9. The van der Waals surface area contributed by atoms with Gasteiger partial charge in [0, 0.05) is 0 Å². The van der Waals surface area contributed by atoms with Crippen molar-refractivity contribution in [2.24, 2.45) is 0 Å². The molecule has 7 heteroatoms. The fourth-order valence-electron chi connectivity index (χ4n) is 0. The van der Waals surface area contributed by atoms with Crippen LogP contribution in [0.3, 0.4) is 0 Å². The standard InChI is InChI=1S/CH5AsO3.2Na.H2O/c1-2(3,4)5;;;/h1H3,(H2,3,4,5);;;1H2/q;2*+1;/p-2. The first-order chi connectivity index (χ1) is 2.00. The third-order valence-electron chi connectivity index (χ3n) is 0. The Labute approximate surface area is 94.9 Å². The number of hydrogen-bond acceptors (Lipinski definition) is 3. The van der Waals surface area contributed by atoms with E-state index in [2.05, 4.69) is 0 Å². The summed E-state index contributed by atoms with van der Waals surface area (Å²) in [7, 11) is 0. The zero-order valence-corrected chi connectivity index (χ0v) is 11.0. The van der Waals surface area contributed by atoms with E-state index in [1.54, 1.807) is 0 Å². The van der Waals surface area contributed by atoms with Crippen molar-refractivity contribution < 1.29 is 76.5 Å². The molecular weight excluding hydrogens is 197 g/mol. The summed E-state index contributed by atoms with van der Waals surface area (Å²) in [6.07, 6.45) is 0. The first-order valence-electron chi connectivity index (χ1n) is 0.995. The van der Waals surface area contributed by atoms with Crippen molar-refractivity contribution in [3.05, 3.63) is 0 Å². The molecule has 0 unspecified atom stereocenters. The van der Waals surface area contributed by atoms with Crippen LogP contribution in [0.15, 0.2) is 0 Å². The Bertz CT molecular complexity index is 60.2. The molecule has 0 radical (unpaired) electrons. The molecule has 0 aromatic heterocycles. The van der Waals surface area contributed by atoms with Crippen molar-refractivity contribution in [2.75, 3.05) is 0 Å². The van der Waals surface area contributed by atoms with Crippen LogP contribution in [0.25, 0.3) is 0 Å². The van der Waals surface area contributed by atoms with Crippen LogP contribution in [0.5, 0.6) is 0 Å². The Balaban J connectivity index is -0.0000000267. The van der Waals surface area contributed by atoms with Gasteiger partial charge in [-0.1, -0.05) is 0 Å². The molecule has 0 aliphatic carbocycles. The average Bonchev–Trinajstić information content (AvgIpc) is 0.722. The molecule has 0 aromatic carbocycles. The van der Waals surface area contributed by atoms with Crippen LogP contribution in [-0.4, -0.2) is 19.6 Å². The first-order valence-corrected chi connectivity index (χ1v) is 5.17. The quantitative estimate of drug-likeness (QED) is 0.365. The summed E-state index contributed by atoms with van der Waals surface area (Å²) in [5.41, 5.74) is 0.693. The number of hydrogen-bond donors (Lipinski definition) is 0. The predicted octanol–water partition coefficient (Wildman–Crippen LogP) is -9.11. The molecule has 0 atom stereocenters. The van der Waals surface area contributed by atoms with Crippen LogP contribution in [0, 0.1) is 0 Å². The van der Waals surface area contributed by atoms with Crippen LogP contribution < -0.4 is 67.3 Å². The van der Waals surface area contributed by atoms with Crippen molar-refractivity contribution in [3.8, 4) is 0 Å². The fourth-order valence-corrected chi connectivity index (χ4v) is 0. The van der Waals surface area contributed by atoms with Crippen molar-refractivity contribution in [3.63, 3.8) is 0 Å². The molecule has 0 rings (SSSR count). The molecule has 2 N–H and O–H groups in total. The van der Waals surface area contributed by atoms with E-state index in [1.807, 2.05) is 0 Å². The van der Waals surface area contributed by atoms with Crippen LogP contribution >= 0.6 is 0 Å². The first kappa shape index (κ1) is 22.5. The third-order valence-corrected chi connectivity index (χ3v) is 0. The van der Waals surface area contributed by atoms with E-state index in [4.69, 9.17) is 11.9 Å². The molecule has 0 heterocycles. The average molecular weight is 202 g/mol. The molecule has 0 aromatic rings. The van der Waals surface area contributed by atoms with Gasteiger partial charge in [-0.2, -0.15) is 0 Å². The van der Waals surface area contributed by atoms with Gasteiger partial charge in [0.15, 0.2) is 0 Å². The molecule has 40 valence electrons. The van der Waals surface area contributed by atoms with Crippen molar-refractivity contribution in [2.45, 2.75) is 5.71 Å². The minimum Gasteiger partial charge on any atom is -0.412 e. The second kappa shape index (κ2) is 9.24. The Morgan fingerprint density at radius 1 is 1.25 bits per heavy atom. The van der Waals surface area contributed by atoms with E-state index >= 15 is 0 Å². The van der Waals surface area contributed by atoms with Crippen molar-refractivity contribution in [1.29, 1.82) is 0 Å². The van der Waals surface area contributed by atoms with Gasteiger partial charge in [-0.05, 0) is 0 Å². The minimum atomic E-state index is -4.62. The Hall–Kier alpha value is 2.24. The summed E-state index contributed by atoms with van der Waals surface area (Å²) in [5.74, 6) is 0. The monoisotopic (exact) mass is 202 g/mol. The van der Waals surface area contributed by atoms with Crippen molar-refractivity contribution >= 4 is 14.2 Å². The Morgan fingerprint density at radius 3 is 1.25 bits per heavy atom. The summed E-state index contributed by atoms with van der Waals surface area (Å²) >= 11 is -4.62. The molecule has 0 aliphatic heterocycles. The maximum Gasteiger partial charge on any atom is 1.00 e. The molecule has 0 saturated heterocycles. The van der Waals surface area contributed by atoms with Crippen LogP contribution in [0.4, 0.5) is 0 Å². The molecule has 8 heavy (non-hydrogen) atoms. The van der Waals surface area contributed by atoms with Crippen LogP contribution in [0.1, 0.15) is 0 Å². The van der Waals surface area contributed by atoms with E-state index < -0.39 is 14.2 Å². The van der Waals surface area contributed by atoms with Gasteiger partial charge in [0.2, 0.25) is 0 Å². The molecule has 0 aliphatic rings. The molecule has 0 fully saturated rings. The third kappa shape index (κ3) is 86.1. The Morgan fingerprint density at radius 2 is 1.25 bits per heavy atom. The van der Waals surface area contributed by atoms with Gasteiger partial charge in [-0.15, -0.1) is 0 Å². The molecule has 0 spiro atoms. The van der Waals surface area contributed by atoms with Crippen LogP contribution in [0.2, 0.25) is 5.71 Å². The molecule has 0 bridgehead atoms. The van der Waals surface area contributed by atoms with Gasteiger partial charge in [-0.3, -0.25) is 0 Å². The second-order valence-electron chi connectivity index (χ2n) is 0.771. The smallest absolute Gasteiger partial charge is 0.412 e. The van der Waals surface area contributed by atoms with E-state index in [1.165, 1.54) is 0 Å². The van der Waals surface area contributed by atoms with E-state index in [9.17, 15) is 0 Å². The maximum absolute atomic E-state index is 9.16. The van der Waals surface area contributed by atoms with Gasteiger partial charge in [0.05, 0.1) is 0 Å². The largest absolute Gasteiger partial charge is 1.00 e. The van der Waals surface area contributed by atoms with E-state index in [0.29, 0.717) is 5.71 Å². The van der Waals surface area contributed by atoms with Gasteiger partial charge < -0.3 is 5.48 Å². The van der Waals surface area contributed by atoms with Gasteiger partial charge in [0.1, 0.15) is 0 Å². The van der Waals surface area contributed by atoms with Gasteiger partial charge in [-0.25, -0.2) is 0 Å². The zero-order chi connectivity index (χ0) is 4.50. The topological polar surface area (TPSA) is 94.7 Å². The van der Waals surface area contributed by atoms with Crippen LogP contribution in [-0.2, 0) is 3.74 Å². The number of rotatable bonds is 0. The molecule has 0 saturated carbocycles. The molecule has 4 nitrogen and oxygen atoms in total. The van der Waals surface area contributed by atoms with Gasteiger partial charge in [0.25, 0.3) is 0 Å². The van der Waals surface area contributed by atoms with E-state index in [0.717, 1.165) is 0 Å². The summed E-state index contributed by atoms with van der Waals surface area (Å²) < 4.78 is 27.5. The summed E-state index contributed by atoms with van der Waals surface area (Å²) in [6.45, 7) is 0. The normalized spacial score (nSPS) is 7.38. The fraction of sp³-hybridized carbons (Fsp3) is 1.00. The SMILES string of the molecule is C[As](=O)([O-])[O-].O.[Na+].[Na+]. The van der Waals surface area contributed by atoms with Crippen molar-refractivity contribution in [1.82, 2.24) is 0 Å². The maximum atomic E-state index is 9.16. The summed E-state index contributed by atoms with van der Waals surface area (Å²) in [5, 5.41) is 0. The van der Waals surface area contributed by atoms with Gasteiger partial charge >= 0.3 is 90.9 Å². The second-order valence-corrected chi connectivity index (χ2v) is 4.01. The summed E-state index contributed by atoms with van der Waals surface area (Å²) in [4.78, 5) is 0. The van der Waals surface area contributed by atoms with E-state index in [-0.39, 0.29) is 64.6 Å². The minimum absolute atomic E-state index is 0. The zero-order valence-electron chi connectivity index (χ0n) is 5.17. The molecular formula is CH5AsNa2O4. The predicted molar refractivity (Wildman–Crippen MR) is 15.9 cm³/mol.